The van der Waals surface area contributed by atoms with E-state index in [0.717, 1.165) is 0 Å². The number of halogens is 1. The van der Waals surface area contributed by atoms with Crippen molar-refractivity contribution in [3.8, 4) is 0 Å². The molecule has 0 atom stereocenters. The van der Waals surface area contributed by atoms with Gasteiger partial charge in [0.15, 0.2) is 0 Å². The highest BCUT2D eigenvalue weighted by atomic mass is 127. The Kier molecular flexibility index (Phi) is 2.59. The molecular weight excluding hydrogens is 249 g/mol. The molecule has 2 nitrogen and oxygen atoms in total. The molecule has 0 aromatic heterocycles. The van der Waals surface area contributed by atoms with E-state index in [0.29, 0.717) is 5.57 Å². The second-order valence-corrected chi connectivity index (χ2v) is 3.14. The summed E-state index contributed by atoms with van der Waals surface area (Å²) in [7, 11) is 0. The summed E-state index contributed by atoms with van der Waals surface area (Å²) in [5.74, 6) is 0. The van der Waals surface area contributed by atoms with Crippen LogP contribution in [0.5, 0.6) is 0 Å². The van der Waals surface area contributed by atoms with E-state index < -0.39 is 0 Å². The third-order valence-electron chi connectivity index (χ3n) is 0.825. The Labute approximate surface area is 71.0 Å². The molecule has 0 bridgehead atoms. The summed E-state index contributed by atoms with van der Waals surface area (Å²) in [4.78, 5) is 10.6. The molecule has 0 spiro atoms. The van der Waals surface area contributed by atoms with Gasteiger partial charge in [-0.05, 0) is 23.4 Å². The van der Waals surface area contributed by atoms with E-state index in [1.165, 1.54) is 11.9 Å². The van der Waals surface area contributed by atoms with Crippen LogP contribution in [0.1, 0.15) is 0 Å². The number of carbonyl (C=O) groups is 1. The molecule has 4 heteroatoms. The first-order valence-electron chi connectivity index (χ1n) is 2.28. The maximum atomic E-state index is 10.6. The van der Waals surface area contributed by atoms with Crippen molar-refractivity contribution < 1.29 is 4.79 Å². The minimum absolute atomic E-state index is 0.0663. The molecule has 0 saturated heterocycles. The van der Waals surface area contributed by atoms with E-state index >= 15 is 0 Å². The predicted octanol–water partition coefficient (Wildman–Crippen LogP) is 1.60. The summed E-state index contributed by atoms with van der Waals surface area (Å²) in [6.45, 7) is 0. The molecule has 0 fully saturated rings. The van der Waals surface area contributed by atoms with Crippen molar-refractivity contribution in [2.45, 2.75) is 0 Å². The topological polar surface area (TPSA) is 29.1 Å². The molecular formula is C5H4INOS. The van der Waals surface area contributed by atoms with E-state index in [-0.39, 0.29) is 3.79 Å². The molecule has 1 aliphatic heterocycles. The summed E-state index contributed by atoms with van der Waals surface area (Å²) >= 11 is 3.21. The first-order chi connectivity index (χ1) is 4.30. The second-order valence-electron chi connectivity index (χ2n) is 1.41. The molecule has 0 unspecified atom stereocenters. The van der Waals surface area contributed by atoms with Gasteiger partial charge in [0.1, 0.15) is 0 Å². The van der Waals surface area contributed by atoms with Crippen LogP contribution in [0, 0.1) is 0 Å². The van der Waals surface area contributed by atoms with Gasteiger partial charge < -0.3 is 4.72 Å². The fraction of sp³-hybridized carbons (Fsp3) is 0. The summed E-state index contributed by atoms with van der Waals surface area (Å²) in [5, 5.41) is 1.84. The zero-order chi connectivity index (χ0) is 6.69. The van der Waals surface area contributed by atoms with Crippen molar-refractivity contribution in [1.82, 2.24) is 4.72 Å². The minimum atomic E-state index is 0.0663. The van der Waals surface area contributed by atoms with E-state index in [9.17, 15) is 4.79 Å². The molecule has 1 heterocycles. The standard InChI is InChI=1S/C5H4INOS/c6-5(8)4-1-2-9-7-3-4/h1-3,7H. The Hall–Kier alpha value is 0.0300. The Morgan fingerprint density at radius 2 is 2.56 bits per heavy atom. The van der Waals surface area contributed by atoms with Crippen LogP contribution in [0.4, 0.5) is 0 Å². The molecule has 0 radical (unpaired) electrons. The highest BCUT2D eigenvalue weighted by Crippen LogP contribution is 2.11. The highest BCUT2D eigenvalue weighted by molar-refractivity contribution is 14.1. The lowest BCUT2D eigenvalue weighted by Gasteiger charge is -2.01. The molecule has 9 heavy (non-hydrogen) atoms. The van der Waals surface area contributed by atoms with Crippen LogP contribution in [0.25, 0.3) is 0 Å². The van der Waals surface area contributed by atoms with Crippen molar-refractivity contribution in [1.29, 1.82) is 0 Å². The van der Waals surface area contributed by atoms with E-state index in [4.69, 9.17) is 0 Å². The lowest BCUT2D eigenvalue weighted by Crippen LogP contribution is -2.00. The van der Waals surface area contributed by atoms with Crippen molar-refractivity contribution in [2.75, 3.05) is 0 Å². The van der Waals surface area contributed by atoms with Gasteiger partial charge in [-0.3, -0.25) is 4.79 Å². The number of nitrogens with one attached hydrogen (secondary N) is 1. The van der Waals surface area contributed by atoms with Gasteiger partial charge in [-0.25, -0.2) is 0 Å². The Morgan fingerprint density at radius 1 is 1.78 bits per heavy atom. The van der Waals surface area contributed by atoms with Crippen LogP contribution in [-0.4, -0.2) is 3.79 Å². The smallest absolute Gasteiger partial charge is 0.223 e. The minimum Gasteiger partial charge on any atom is -0.332 e. The number of hydrogen-bond donors (Lipinski definition) is 1. The average molecular weight is 253 g/mol. The van der Waals surface area contributed by atoms with E-state index in [1.807, 2.05) is 5.41 Å². The number of carbonyl (C=O) groups excluding carboxylic acids is 1. The monoisotopic (exact) mass is 253 g/mol. The number of hydrogen-bond acceptors (Lipinski definition) is 3. The van der Waals surface area contributed by atoms with Crippen molar-refractivity contribution in [3.05, 3.63) is 23.3 Å². The van der Waals surface area contributed by atoms with Crippen LogP contribution in [0.15, 0.2) is 23.3 Å². The highest BCUT2D eigenvalue weighted by Gasteiger charge is 2.02. The van der Waals surface area contributed by atoms with Crippen molar-refractivity contribution >= 4 is 38.3 Å². The molecule has 0 amide bonds. The SMILES string of the molecule is O=C(I)C1=CNSC=C1. The van der Waals surface area contributed by atoms with Gasteiger partial charge >= 0.3 is 0 Å². The molecule has 48 valence electrons. The number of allylic oxidation sites excluding steroid dienone is 2. The van der Waals surface area contributed by atoms with Crippen LogP contribution >= 0.6 is 34.5 Å². The summed E-state index contributed by atoms with van der Waals surface area (Å²) in [5.41, 5.74) is 0.717. The number of rotatable bonds is 1. The van der Waals surface area contributed by atoms with Crippen LogP contribution < -0.4 is 4.72 Å². The van der Waals surface area contributed by atoms with Crippen LogP contribution in [0.3, 0.4) is 0 Å². The third-order valence-corrected chi connectivity index (χ3v) is 1.97. The molecule has 0 aromatic rings. The van der Waals surface area contributed by atoms with Gasteiger partial charge in [-0.2, -0.15) is 0 Å². The lowest BCUT2D eigenvalue weighted by molar-refractivity contribution is -0.106. The van der Waals surface area contributed by atoms with Crippen LogP contribution in [0.2, 0.25) is 0 Å². The fourth-order valence-electron chi connectivity index (χ4n) is 0.414. The van der Waals surface area contributed by atoms with Gasteiger partial charge in [-0.15, -0.1) is 0 Å². The van der Waals surface area contributed by atoms with Gasteiger partial charge in [0.05, 0.1) is 0 Å². The largest absolute Gasteiger partial charge is 0.332 e. The fourth-order valence-corrected chi connectivity index (χ4v) is 1.24. The van der Waals surface area contributed by atoms with Gasteiger partial charge in [0, 0.05) is 34.4 Å². The molecule has 0 aromatic carbocycles. The Bertz CT molecular complexity index is 187. The predicted molar refractivity (Wildman–Crippen MR) is 47.0 cm³/mol. The van der Waals surface area contributed by atoms with Gasteiger partial charge in [0.2, 0.25) is 3.79 Å². The van der Waals surface area contributed by atoms with E-state index in [2.05, 4.69) is 4.72 Å². The quantitative estimate of drug-likeness (QED) is 0.437. The molecule has 1 aliphatic rings. The van der Waals surface area contributed by atoms with Crippen molar-refractivity contribution in [2.24, 2.45) is 0 Å². The molecule has 1 rings (SSSR count). The van der Waals surface area contributed by atoms with E-state index in [1.54, 1.807) is 34.9 Å². The first-order valence-corrected chi connectivity index (χ1v) is 4.24. The normalized spacial score (nSPS) is 16.3. The summed E-state index contributed by atoms with van der Waals surface area (Å²) < 4.78 is 2.92. The zero-order valence-corrected chi connectivity index (χ0v) is 7.40. The Morgan fingerprint density at radius 3 is 2.89 bits per heavy atom. The summed E-state index contributed by atoms with van der Waals surface area (Å²) in [6.07, 6.45) is 3.48. The maximum Gasteiger partial charge on any atom is 0.223 e. The zero-order valence-electron chi connectivity index (χ0n) is 4.43. The maximum absolute atomic E-state index is 10.6. The molecule has 1 N–H and O–H groups in total. The third kappa shape index (κ3) is 2.02. The summed E-state index contributed by atoms with van der Waals surface area (Å²) in [6, 6.07) is 0. The van der Waals surface area contributed by atoms with Gasteiger partial charge in [-0.1, -0.05) is 0 Å². The average Bonchev–Trinajstić information content (AvgIpc) is 1.90. The van der Waals surface area contributed by atoms with Crippen LogP contribution in [-0.2, 0) is 4.79 Å². The molecule has 0 saturated carbocycles. The Balaban J connectivity index is 2.69. The second kappa shape index (κ2) is 3.26. The molecule has 0 aliphatic carbocycles. The lowest BCUT2D eigenvalue weighted by atomic mass is 10.3. The first kappa shape index (κ1) is 7.14. The van der Waals surface area contributed by atoms with Crippen molar-refractivity contribution in [3.63, 3.8) is 0 Å². The van der Waals surface area contributed by atoms with Gasteiger partial charge in [0.25, 0.3) is 0 Å².